The SMILES string of the molecule is CCNC(=O)OCCO[C@@H]1CC[C@@]2(C)[C@H](CC[C@@H]3[C@@H]2CC[C@]2(C)[C@@H]([C@@H](C)CCCC(C)C)CC[C@@H]32)C1. The van der Waals surface area contributed by atoms with Gasteiger partial charge in [0.25, 0.3) is 0 Å². The highest BCUT2D eigenvalue weighted by atomic mass is 16.6. The van der Waals surface area contributed by atoms with Gasteiger partial charge in [-0.2, -0.15) is 0 Å². The van der Waals surface area contributed by atoms with Crippen LogP contribution in [0.2, 0.25) is 0 Å². The molecule has 4 heteroatoms. The summed E-state index contributed by atoms with van der Waals surface area (Å²) in [6.45, 7) is 16.1. The van der Waals surface area contributed by atoms with E-state index in [4.69, 9.17) is 9.47 Å². The van der Waals surface area contributed by atoms with Gasteiger partial charge in [0.15, 0.2) is 0 Å². The summed E-state index contributed by atoms with van der Waals surface area (Å²) in [6, 6.07) is 0. The molecule has 0 aromatic heterocycles. The molecular formula is C32H57NO3. The van der Waals surface area contributed by atoms with Crippen LogP contribution in [0.15, 0.2) is 0 Å². The summed E-state index contributed by atoms with van der Waals surface area (Å²) in [6.07, 6.45) is 16.7. The van der Waals surface area contributed by atoms with E-state index < -0.39 is 0 Å². The summed E-state index contributed by atoms with van der Waals surface area (Å²) in [7, 11) is 0. The zero-order chi connectivity index (χ0) is 25.9. The molecule has 0 saturated heterocycles. The van der Waals surface area contributed by atoms with Crippen molar-refractivity contribution in [3.05, 3.63) is 0 Å². The Bertz CT molecular complexity index is 724. The van der Waals surface area contributed by atoms with Gasteiger partial charge in [-0.1, -0.05) is 53.9 Å². The number of alkyl carbamates (subject to hydrolysis) is 1. The maximum atomic E-state index is 11.5. The van der Waals surface area contributed by atoms with Gasteiger partial charge in [-0.3, -0.25) is 0 Å². The number of fused-ring (bicyclic) bond motifs is 5. The number of hydrogen-bond donors (Lipinski definition) is 1. The Morgan fingerprint density at radius 2 is 1.67 bits per heavy atom. The molecule has 4 saturated carbocycles. The van der Waals surface area contributed by atoms with Gasteiger partial charge in [0, 0.05) is 6.54 Å². The third-order valence-electron chi connectivity index (χ3n) is 11.8. The van der Waals surface area contributed by atoms with Gasteiger partial charge < -0.3 is 14.8 Å². The summed E-state index contributed by atoms with van der Waals surface area (Å²) < 4.78 is 11.4. The van der Waals surface area contributed by atoms with Crippen molar-refractivity contribution in [1.82, 2.24) is 5.32 Å². The van der Waals surface area contributed by atoms with Crippen LogP contribution in [-0.4, -0.2) is 32.0 Å². The Kier molecular flexibility index (Phi) is 9.38. The van der Waals surface area contributed by atoms with Gasteiger partial charge in [-0.05, 0) is 117 Å². The first-order valence-corrected chi connectivity index (χ1v) is 15.7. The fraction of sp³-hybridized carbons (Fsp3) is 0.969. The molecular weight excluding hydrogens is 446 g/mol. The van der Waals surface area contributed by atoms with Crippen LogP contribution in [0.4, 0.5) is 4.79 Å². The van der Waals surface area contributed by atoms with E-state index in [-0.39, 0.29) is 6.09 Å². The number of rotatable bonds is 10. The summed E-state index contributed by atoms with van der Waals surface area (Å²) >= 11 is 0. The molecule has 4 aliphatic carbocycles. The van der Waals surface area contributed by atoms with Crippen molar-refractivity contribution in [2.45, 2.75) is 125 Å². The molecule has 4 aliphatic rings. The van der Waals surface area contributed by atoms with Crippen LogP contribution < -0.4 is 5.32 Å². The van der Waals surface area contributed by atoms with E-state index in [9.17, 15) is 4.79 Å². The molecule has 0 aliphatic heterocycles. The molecule has 0 radical (unpaired) electrons. The van der Waals surface area contributed by atoms with E-state index in [0.717, 1.165) is 41.4 Å². The van der Waals surface area contributed by atoms with E-state index in [0.29, 0.717) is 36.7 Å². The Hall–Kier alpha value is -0.770. The predicted molar refractivity (Wildman–Crippen MR) is 148 cm³/mol. The molecule has 1 amide bonds. The minimum Gasteiger partial charge on any atom is -0.447 e. The van der Waals surface area contributed by atoms with Crippen molar-refractivity contribution in [2.24, 2.45) is 52.3 Å². The summed E-state index contributed by atoms with van der Waals surface area (Å²) in [4.78, 5) is 11.5. The lowest BCUT2D eigenvalue weighted by Gasteiger charge is -2.61. The third kappa shape index (κ3) is 5.79. The monoisotopic (exact) mass is 503 g/mol. The normalized spacial score (nSPS) is 40.8. The number of amides is 1. The van der Waals surface area contributed by atoms with Crippen molar-refractivity contribution in [1.29, 1.82) is 0 Å². The molecule has 1 N–H and O–H groups in total. The highest BCUT2D eigenvalue weighted by Crippen LogP contribution is 2.68. The first kappa shape index (κ1) is 28.2. The topological polar surface area (TPSA) is 47.6 Å². The van der Waals surface area contributed by atoms with Gasteiger partial charge in [0.1, 0.15) is 6.61 Å². The number of hydrogen-bond acceptors (Lipinski definition) is 3. The van der Waals surface area contributed by atoms with E-state index in [2.05, 4.69) is 39.9 Å². The average molecular weight is 504 g/mol. The second-order valence-corrected chi connectivity index (χ2v) is 14.1. The van der Waals surface area contributed by atoms with Crippen molar-refractivity contribution >= 4 is 6.09 Å². The lowest BCUT2D eigenvalue weighted by molar-refractivity contribution is -0.138. The highest BCUT2D eigenvalue weighted by Gasteiger charge is 2.60. The number of ether oxygens (including phenoxy) is 2. The maximum Gasteiger partial charge on any atom is 0.407 e. The predicted octanol–water partition coefficient (Wildman–Crippen LogP) is 8.24. The standard InChI is InChI=1S/C32H57NO3/c1-7-33-30(34)36-20-19-35-25-15-17-31(5)24(21-25)11-12-26-28-14-13-27(23(4)10-8-9-22(2)3)32(28,6)18-16-29(26)31/h22-29H,7-21H2,1-6H3,(H,33,34)/t23-,24+,25+,26-,27+,28-,29-,31-,32+/m0/s1. The fourth-order valence-electron chi connectivity index (χ4n) is 9.94. The lowest BCUT2D eigenvalue weighted by atomic mass is 9.44. The zero-order valence-corrected chi connectivity index (χ0v) is 24.5. The molecule has 9 atom stereocenters. The van der Waals surface area contributed by atoms with Gasteiger partial charge in [0.2, 0.25) is 0 Å². The molecule has 0 aromatic rings. The van der Waals surface area contributed by atoms with Crippen LogP contribution in [0.5, 0.6) is 0 Å². The van der Waals surface area contributed by atoms with Gasteiger partial charge in [0.05, 0.1) is 12.7 Å². The molecule has 4 nitrogen and oxygen atoms in total. The number of carbonyl (C=O) groups is 1. The van der Waals surface area contributed by atoms with E-state index in [1.54, 1.807) is 0 Å². The van der Waals surface area contributed by atoms with Crippen LogP contribution in [0.25, 0.3) is 0 Å². The smallest absolute Gasteiger partial charge is 0.407 e. The molecule has 4 rings (SSSR count). The second-order valence-electron chi connectivity index (χ2n) is 14.1. The second kappa shape index (κ2) is 12.0. The van der Waals surface area contributed by atoms with Gasteiger partial charge in [-0.15, -0.1) is 0 Å². The van der Waals surface area contributed by atoms with E-state index >= 15 is 0 Å². The summed E-state index contributed by atoms with van der Waals surface area (Å²) in [5.41, 5.74) is 1.09. The summed E-state index contributed by atoms with van der Waals surface area (Å²) in [5, 5.41) is 2.68. The Labute approximate surface area is 222 Å². The Balaban J connectivity index is 1.31. The largest absolute Gasteiger partial charge is 0.447 e. The highest BCUT2D eigenvalue weighted by molar-refractivity contribution is 5.66. The zero-order valence-electron chi connectivity index (χ0n) is 24.5. The molecule has 0 spiro atoms. The first-order chi connectivity index (χ1) is 17.2. The Morgan fingerprint density at radius 3 is 2.42 bits per heavy atom. The first-order valence-electron chi connectivity index (χ1n) is 15.7. The van der Waals surface area contributed by atoms with E-state index in [1.165, 1.54) is 77.0 Å². The molecule has 36 heavy (non-hydrogen) atoms. The molecule has 0 unspecified atom stereocenters. The quantitative estimate of drug-likeness (QED) is 0.305. The lowest BCUT2D eigenvalue weighted by Crippen LogP contribution is -2.54. The minimum atomic E-state index is -0.334. The average Bonchev–Trinajstić information content (AvgIpc) is 3.19. The van der Waals surface area contributed by atoms with Crippen LogP contribution in [0.3, 0.4) is 0 Å². The van der Waals surface area contributed by atoms with Crippen LogP contribution >= 0.6 is 0 Å². The molecule has 0 bridgehead atoms. The van der Waals surface area contributed by atoms with Crippen molar-refractivity contribution in [2.75, 3.05) is 19.8 Å². The third-order valence-corrected chi connectivity index (χ3v) is 11.8. The fourth-order valence-corrected chi connectivity index (χ4v) is 9.94. The van der Waals surface area contributed by atoms with Crippen molar-refractivity contribution in [3.8, 4) is 0 Å². The van der Waals surface area contributed by atoms with Crippen molar-refractivity contribution < 1.29 is 14.3 Å². The molecule has 0 heterocycles. The molecule has 4 fully saturated rings. The number of nitrogens with one attached hydrogen (secondary N) is 1. The van der Waals surface area contributed by atoms with Gasteiger partial charge in [-0.25, -0.2) is 4.79 Å². The Morgan fingerprint density at radius 1 is 0.917 bits per heavy atom. The van der Waals surface area contributed by atoms with Gasteiger partial charge >= 0.3 is 6.09 Å². The molecule has 0 aromatic carbocycles. The van der Waals surface area contributed by atoms with Crippen LogP contribution in [-0.2, 0) is 9.47 Å². The van der Waals surface area contributed by atoms with Crippen molar-refractivity contribution in [3.63, 3.8) is 0 Å². The van der Waals surface area contributed by atoms with E-state index in [1.807, 2.05) is 6.92 Å². The molecule has 208 valence electrons. The number of carbonyl (C=O) groups excluding carboxylic acids is 1. The maximum absolute atomic E-state index is 11.5. The minimum absolute atomic E-state index is 0.334. The summed E-state index contributed by atoms with van der Waals surface area (Å²) in [5.74, 6) is 6.34. The van der Waals surface area contributed by atoms with Crippen LogP contribution in [0.1, 0.15) is 119 Å². The van der Waals surface area contributed by atoms with Crippen LogP contribution in [0, 0.1) is 52.3 Å².